The van der Waals surface area contributed by atoms with E-state index in [1.54, 1.807) is 12.1 Å². The number of ether oxygens (including phenoxy) is 1. The number of aryl methyl sites for hydroxylation is 1. The van der Waals surface area contributed by atoms with Crippen molar-refractivity contribution in [2.45, 2.75) is 20.3 Å². The highest BCUT2D eigenvalue weighted by atomic mass is 32.2. The molecule has 1 amide bonds. The molecule has 22 heavy (non-hydrogen) atoms. The molecule has 0 aromatic heterocycles. The van der Waals surface area contributed by atoms with Crippen LogP contribution in [0.1, 0.15) is 18.9 Å². The van der Waals surface area contributed by atoms with Crippen molar-refractivity contribution in [1.82, 2.24) is 9.62 Å². The van der Waals surface area contributed by atoms with Crippen molar-refractivity contribution >= 4 is 15.9 Å². The molecule has 0 aliphatic rings. The minimum Gasteiger partial charge on any atom is -0.484 e. The van der Waals surface area contributed by atoms with Gasteiger partial charge in [0.1, 0.15) is 5.75 Å². The molecule has 0 saturated carbocycles. The van der Waals surface area contributed by atoms with Crippen LogP contribution in [-0.4, -0.2) is 51.1 Å². The molecule has 0 radical (unpaired) electrons. The van der Waals surface area contributed by atoms with Crippen molar-refractivity contribution in [3.8, 4) is 5.75 Å². The van der Waals surface area contributed by atoms with E-state index in [1.807, 2.05) is 26.0 Å². The number of hydrogen-bond acceptors (Lipinski definition) is 4. The Balaban J connectivity index is 2.32. The van der Waals surface area contributed by atoms with Gasteiger partial charge < -0.3 is 10.1 Å². The van der Waals surface area contributed by atoms with Crippen LogP contribution in [0.2, 0.25) is 0 Å². The van der Waals surface area contributed by atoms with Crippen LogP contribution in [0.3, 0.4) is 0 Å². The largest absolute Gasteiger partial charge is 0.484 e. The maximum Gasteiger partial charge on any atom is 0.257 e. The maximum absolute atomic E-state index is 11.7. The summed E-state index contributed by atoms with van der Waals surface area (Å²) in [5.41, 5.74) is 1.12. The van der Waals surface area contributed by atoms with Crippen LogP contribution in [0, 0.1) is 6.92 Å². The Kier molecular flexibility index (Phi) is 7.34. The van der Waals surface area contributed by atoms with Gasteiger partial charge in [-0.2, -0.15) is 0 Å². The lowest BCUT2D eigenvalue weighted by Crippen LogP contribution is -2.39. The topological polar surface area (TPSA) is 75.7 Å². The maximum atomic E-state index is 11.7. The molecule has 0 aliphatic carbocycles. The van der Waals surface area contributed by atoms with Gasteiger partial charge in [0.15, 0.2) is 6.61 Å². The van der Waals surface area contributed by atoms with Crippen molar-refractivity contribution < 1.29 is 17.9 Å². The van der Waals surface area contributed by atoms with Crippen LogP contribution < -0.4 is 10.1 Å². The fourth-order valence-electron chi connectivity index (χ4n) is 1.85. The number of nitrogens with one attached hydrogen (secondary N) is 1. The van der Waals surface area contributed by atoms with E-state index in [0.717, 1.165) is 12.0 Å². The van der Waals surface area contributed by atoms with E-state index in [9.17, 15) is 13.2 Å². The number of carbonyl (C=O) groups excluding carboxylic acids is 1. The van der Waals surface area contributed by atoms with Crippen LogP contribution in [-0.2, 0) is 14.8 Å². The second-order valence-electron chi connectivity index (χ2n) is 5.11. The van der Waals surface area contributed by atoms with Crippen molar-refractivity contribution in [1.29, 1.82) is 0 Å². The summed E-state index contributed by atoms with van der Waals surface area (Å²) in [6.07, 6.45) is 1.91. The van der Waals surface area contributed by atoms with Gasteiger partial charge in [-0.3, -0.25) is 4.79 Å². The molecule has 0 bridgehead atoms. The lowest BCUT2D eigenvalue weighted by Gasteiger charge is -2.19. The number of amides is 1. The molecular formula is C15H24N2O4S. The van der Waals surface area contributed by atoms with Gasteiger partial charge >= 0.3 is 0 Å². The van der Waals surface area contributed by atoms with Crippen LogP contribution in [0.15, 0.2) is 24.3 Å². The number of nitrogens with zero attached hydrogens (tertiary/aromatic N) is 1. The molecule has 0 saturated heterocycles. The quantitative estimate of drug-likeness (QED) is 0.738. The molecule has 0 heterocycles. The number of carbonyl (C=O) groups is 1. The Morgan fingerprint density at radius 1 is 1.23 bits per heavy atom. The second kappa shape index (κ2) is 8.75. The molecule has 1 aromatic carbocycles. The number of benzene rings is 1. The number of sulfonamides is 1. The van der Waals surface area contributed by atoms with E-state index in [-0.39, 0.29) is 25.6 Å². The smallest absolute Gasteiger partial charge is 0.257 e. The molecule has 6 nitrogen and oxygen atoms in total. The van der Waals surface area contributed by atoms with Crippen LogP contribution in [0.5, 0.6) is 5.75 Å². The van der Waals surface area contributed by atoms with Crippen molar-refractivity contribution in [2.24, 2.45) is 0 Å². The molecule has 0 spiro atoms. The molecule has 1 rings (SSSR count). The Morgan fingerprint density at radius 2 is 1.86 bits per heavy atom. The first-order valence-electron chi connectivity index (χ1n) is 7.24. The predicted octanol–water partition coefficient (Wildman–Crippen LogP) is 1.16. The second-order valence-corrected chi connectivity index (χ2v) is 7.10. The summed E-state index contributed by atoms with van der Waals surface area (Å²) >= 11 is 0. The zero-order chi connectivity index (χ0) is 16.6. The number of hydrogen-bond donors (Lipinski definition) is 1. The van der Waals surface area contributed by atoms with Crippen molar-refractivity contribution in [3.63, 3.8) is 0 Å². The predicted molar refractivity (Wildman–Crippen MR) is 86.4 cm³/mol. The standard InChI is InChI=1S/C15H24N2O4S/c1-4-10-17(22(3,19)20)11-9-16-15(18)12-21-14-7-5-13(2)6-8-14/h5-8H,4,9-12H2,1-3H3,(H,16,18). The third kappa shape index (κ3) is 6.91. The molecular weight excluding hydrogens is 304 g/mol. The first-order valence-corrected chi connectivity index (χ1v) is 9.09. The lowest BCUT2D eigenvalue weighted by atomic mass is 10.2. The lowest BCUT2D eigenvalue weighted by molar-refractivity contribution is -0.123. The van der Waals surface area contributed by atoms with E-state index in [1.165, 1.54) is 10.6 Å². The molecule has 7 heteroatoms. The molecule has 0 atom stereocenters. The molecule has 0 unspecified atom stereocenters. The van der Waals surface area contributed by atoms with Gasteiger partial charge in [0.2, 0.25) is 10.0 Å². The Bertz CT molecular complexity index is 570. The van der Waals surface area contributed by atoms with E-state index < -0.39 is 10.0 Å². The average Bonchev–Trinajstić information content (AvgIpc) is 2.45. The molecule has 124 valence electrons. The van der Waals surface area contributed by atoms with Gasteiger partial charge in [-0.25, -0.2) is 12.7 Å². The average molecular weight is 328 g/mol. The van der Waals surface area contributed by atoms with E-state index in [4.69, 9.17) is 4.74 Å². The van der Waals surface area contributed by atoms with Crippen LogP contribution >= 0.6 is 0 Å². The highest BCUT2D eigenvalue weighted by Gasteiger charge is 2.15. The van der Waals surface area contributed by atoms with Crippen molar-refractivity contribution in [3.05, 3.63) is 29.8 Å². The molecule has 0 aliphatic heterocycles. The third-order valence-corrected chi connectivity index (χ3v) is 4.32. The normalized spacial score (nSPS) is 11.5. The van der Waals surface area contributed by atoms with E-state index in [0.29, 0.717) is 12.3 Å². The Hall–Kier alpha value is -1.60. The van der Waals surface area contributed by atoms with Crippen molar-refractivity contribution in [2.75, 3.05) is 32.5 Å². The van der Waals surface area contributed by atoms with E-state index >= 15 is 0 Å². The molecule has 1 N–H and O–H groups in total. The Morgan fingerprint density at radius 3 is 2.41 bits per heavy atom. The van der Waals surface area contributed by atoms with E-state index in [2.05, 4.69) is 5.32 Å². The Labute approximate surface area is 132 Å². The van der Waals surface area contributed by atoms with Gasteiger partial charge in [-0.15, -0.1) is 0 Å². The van der Waals surface area contributed by atoms with Gasteiger partial charge in [-0.1, -0.05) is 24.6 Å². The zero-order valence-electron chi connectivity index (χ0n) is 13.3. The van der Waals surface area contributed by atoms with Gasteiger partial charge in [0.05, 0.1) is 6.26 Å². The van der Waals surface area contributed by atoms with Gasteiger partial charge in [0.25, 0.3) is 5.91 Å². The number of rotatable bonds is 9. The minimum absolute atomic E-state index is 0.0876. The zero-order valence-corrected chi connectivity index (χ0v) is 14.1. The third-order valence-electron chi connectivity index (χ3n) is 3.02. The first-order chi connectivity index (χ1) is 10.3. The first kappa shape index (κ1) is 18.4. The molecule has 0 fully saturated rings. The highest BCUT2D eigenvalue weighted by molar-refractivity contribution is 7.88. The van der Waals surface area contributed by atoms with Crippen LogP contribution in [0.25, 0.3) is 0 Å². The SMILES string of the molecule is CCCN(CCNC(=O)COc1ccc(C)cc1)S(C)(=O)=O. The molecule has 1 aromatic rings. The minimum atomic E-state index is -3.23. The van der Waals surface area contributed by atoms with Crippen LogP contribution in [0.4, 0.5) is 0 Å². The summed E-state index contributed by atoms with van der Waals surface area (Å²) in [5.74, 6) is 0.356. The highest BCUT2D eigenvalue weighted by Crippen LogP contribution is 2.10. The summed E-state index contributed by atoms with van der Waals surface area (Å²) in [4.78, 5) is 11.7. The summed E-state index contributed by atoms with van der Waals surface area (Å²) in [7, 11) is -3.23. The summed E-state index contributed by atoms with van der Waals surface area (Å²) in [6, 6.07) is 7.41. The fraction of sp³-hybridized carbons (Fsp3) is 0.533. The van der Waals surface area contributed by atoms with Gasteiger partial charge in [-0.05, 0) is 25.5 Å². The van der Waals surface area contributed by atoms with Gasteiger partial charge in [0, 0.05) is 19.6 Å². The summed E-state index contributed by atoms with van der Waals surface area (Å²) in [5, 5.41) is 2.66. The fourth-order valence-corrected chi connectivity index (χ4v) is 2.78. The summed E-state index contributed by atoms with van der Waals surface area (Å²) in [6.45, 7) is 4.78. The summed E-state index contributed by atoms with van der Waals surface area (Å²) < 4.78 is 29.8. The monoisotopic (exact) mass is 328 g/mol.